The molecule has 3 amide bonds. The number of aryl methyl sites for hydroxylation is 2. The Bertz CT molecular complexity index is 727. The van der Waals surface area contributed by atoms with Crippen LogP contribution in [0.25, 0.3) is 0 Å². The number of hydrogen-bond donors (Lipinski definition) is 3. The number of anilines is 1. The summed E-state index contributed by atoms with van der Waals surface area (Å²) in [6.07, 6.45) is 4.01. The second-order valence-electron chi connectivity index (χ2n) is 5.58. The Morgan fingerprint density at radius 2 is 2.00 bits per heavy atom. The van der Waals surface area contributed by atoms with Gasteiger partial charge in [-0.2, -0.15) is 0 Å². The number of nitrogens with one attached hydrogen (secondary N) is 3. The maximum absolute atomic E-state index is 11.9. The minimum atomic E-state index is -0.306. The molecule has 0 aliphatic heterocycles. The molecule has 3 N–H and O–H groups in total. The van der Waals surface area contributed by atoms with Crippen LogP contribution in [0, 0.1) is 6.92 Å². The zero-order valence-electron chi connectivity index (χ0n) is 13.7. The molecule has 128 valence electrons. The van der Waals surface area contributed by atoms with E-state index in [9.17, 15) is 9.59 Å². The number of aromatic nitrogens is 1. The molecule has 7 heteroatoms. The number of benzene rings is 1. The summed E-state index contributed by atoms with van der Waals surface area (Å²) in [6.45, 7) is 2.61. The highest BCUT2D eigenvalue weighted by Crippen LogP contribution is 2.22. The third-order valence-corrected chi connectivity index (χ3v) is 3.70. The van der Waals surface area contributed by atoms with Gasteiger partial charge in [-0.05, 0) is 36.2 Å². The van der Waals surface area contributed by atoms with Gasteiger partial charge in [0.15, 0.2) is 0 Å². The van der Waals surface area contributed by atoms with E-state index in [0.29, 0.717) is 17.3 Å². The molecule has 1 aromatic carbocycles. The number of rotatable bonds is 6. The van der Waals surface area contributed by atoms with Crippen molar-refractivity contribution in [1.82, 2.24) is 15.2 Å². The number of carbonyl (C=O) groups is 2. The van der Waals surface area contributed by atoms with Gasteiger partial charge in [0.05, 0.1) is 10.7 Å². The Hall–Kier alpha value is -2.47. The van der Waals surface area contributed by atoms with Gasteiger partial charge in [0, 0.05) is 39.0 Å². The first-order valence-corrected chi connectivity index (χ1v) is 8.00. The Morgan fingerprint density at radius 3 is 2.67 bits per heavy atom. The molecule has 0 fully saturated rings. The molecule has 1 heterocycles. The fourth-order valence-corrected chi connectivity index (χ4v) is 2.42. The number of urea groups is 1. The van der Waals surface area contributed by atoms with Gasteiger partial charge in [-0.15, -0.1) is 0 Å². The lowest BCUT2D eigenvalue weighted by molar-refractivity contribution is -0.116. The van der Waals surface area contributed by atoms with Crippen molar-refractivity contribution in [3.63, 3.8) is 0 Å². The summed E-state index contributed by atoms with van der Waals surface area (Å²) in [5.74, 6) is -0.205. The van der Waals surface area contributed by atoms with Gasteiger partial charge in [-0.1, -0.05) is 17.7 Å². The summed E-state index contributed by atoms with van der Waals surface area (Å²) in [5.41, 5.74) is 2.61. The van der Waals surface area contributed by atoms with Crippen molar-refractivity contribution in [3.8, 4) is 0 Å². The predicted octanol–water partition coefficient (Wildman–Crippen LogP) is 2.81. The molecule has 0 radical (unpaired) electrons. The lowest BCUT2D eigenvalue weighted by atomic mass is 10.2. The minimum absolute atomic E-state index is 0.170. The van der Waals surface area contributed by atoms with E-state index < -0.39 is 0 Å². The van der Waals surface area contributed by atoms with Crippen molar-refractivity contribution in [1.29, 1.82) is 0 Å². The van der Waals surface area contributed by atoms with Gasteiger partial charge in [0.2, 0.25) is 5.91 Å². The molecule has 0 bridgehead atoms. The van der Waals surface area contributed by atoms with Gasteiger partial charge in [0.1, 0.15) is 0 Å². The molecule has 2 aromatic rings. The van der Waals surface area contributed by atoms with Crippen molar-refractivity contribution >= 4 is 29.2 Å². The Balaban J connectivity index is 1.67. The van der Waals surface area contributed by atoms with Crippen LogP contribution in [0.3, 0.4) is 0 Å². The molecule has 1 aromatic heterocycles. The fraction of sp³-hybridized carbons (Fsp3) is 0.294. The van der Waals surface area contributed by atoms with Gasteiger partial charge in [-0.3, -0.25) is 4.79 Å². The highest BCUT2D eigenvalue weighted by atomic mass is 35.5. The van der Waals surface area contributed by atoms with Gasteiger partial charge < -0.3 is 20.5 Å². The molecule has 0 atom stereocenters. The fourth-order valence-electron chi connectivity index (χ4n) is 2.13. The smallest absolute Gasteiger partial charge is 0.315 e. The van der Waals surface area contributed by atoms with Crippen molar-refractivity contribution < 1.29 is 9.59 Å². The van der Waals surface area contributed by atoms with E-state index >= 15 is 0 Å². The average molecular weight is 349 g/mol. The number of hydrogen-bond acceptors (Lipinski definition) is 2. The number of nitrogens with zero attached hydrogens (tertiary/aromatic N) is 1. The zero-order valence-corrected chi connectivity index (χ0v) is 14.5. The molecule has 0 unspecified atom stereocenters. The molecule has 0 saturated heterocycles. The van der Waals surface area contributed by atoms with E-state index in [1.165, 1.54) is 0 Å². The molecule has 2 rings (SSSR count). The van der Waals surface area contributed by atoms with Crippen LogP contribution in [-0.4, -0.2) is 23.1 Å². The van der Waals surface area contributed by atoms with Crippen LogP contribution in [0.15, 0.2) is 36.7 Å². The Morgan fingerprint density at radius 1 is 1.21 bits per heavy atom. The number of amides is 3. The third-order valence-electron chi connectivity index (χ3n) is 3.38. The van der Waals surface area contributed by atoms with E-state index in [2.05, 4.69) is 16.0 Å². The molecule has 0 aliphatic carbocycles. The van der Waals surface area contributed by atoms with E-state index in [0.717, 1.165) is 11.1 Å². The van der Waals surface area contributed by atoms with Crippen LogP contribution in [0.1, 0.15) is 17.5 Å². The molecular weight excluding hydrogens is 328 g/mol. The molecule has 6 nitrogen and oxygen atoms in total. The average Bonchev–Trinajstić information content (AvgIpc) is 2.94. The zero-order chi connectivity index (χ0) is 17.5. The first kappa shape index (κ1) is 17.9. The van der Waals surface area contributed by atoms with Crippen LogP contribution >= 0.6 is 11.6 Å². The highest BCUT2D eigenvalue weighted by Gasteiger charge is 2.07. The van der Waals surface area contributed by atoms with Gasteiger partial charge >= 0.3 is 6.03 Å². The third kappa shape index (κ3) is 5.62. The monoisotopic (exact) mass is 348 g/mol. The summed E-state index contributed by atoms with van der Waals surface area (Å²) in [7, 11) is 1.92. The topological polar surface area (TPSA) is 75.2 Å². The van der Waals surface area contributed by atoms with Crippen molar-refractivity contribution in [2.24, 2.45) is 7.05 Å². The van der Waals surface area contributed by atoms with E-state index in [-0.39, 0.29) is 24.9 Å². The van der Waals surface area contributed by atoms with Crippen LogP contribution in [0.4, 0.5) is 10.5 Å². The first-order chi connectivity index (χ1) is 11.4. The summed E-state index contributed by atoms with van der Waals surface area (Å²) < 4.78 is 1.91. The maximum atomic E-state index is 11.9. The maximum Gasteiger partial charge on any atom is 0.315 e. The largest absolute Gasteiger partial charge is 0.357 e. The number of halogens is 1. The molecule has 24 heavy (non-hydrogen) atoms. The van der Waals surface area contributed by atoms with E-state index in [4.69, 9.17) is 11.6 Å². The number of carbonyl (C=O) groups excluding carboxylic acids is 2. The van der Waals surface area contributed by atoms with Crippen molar-refractivity contribution in [2.75, 3.05) is 11.9 Å². The van der Waals surface area contributed by atoms with Gasteiger partial charge in [0.25, 0.3) is 0 Å². The van der Waals surface area contributed by atoms with Crippen LogP contribution in [0.5, 0.6) is 0 Å². The molecule has 0 saturated carbocycles. The normalized spacial score (nSPS) is 10.3. The van der Waals surface area contributed by atoms with E-state index in [1.54, 1.807) is 12.1 Å². The van der Waals surface area contributed by atoms with Crippen molar-refractivity contribution in [3.05, 3.63) is 52.8 Å². The van der Waals surface area contributed by atoms with Crippen LogP contribution in [-0.2, 0) is 18.4 Å². The molecule has 0 aliphatic rings. The summed E-state index contributed by atoms with van der Waals surface area (Å²) in [5, 5.41) is 8.61. The molecular formula is C17H21ClN4O2. The highest BCUT2D eigenvalue weighted by molar-refractivity contribution is 6.33. The van der Waals surface area contributed by atoms with Crippen LogP contribution in [0.2, 0.25) is 5.02 Å². The predicted molar refractivity (Wildman–Crippen MR) is 95.1 cm³/mol. The van der Waals surface area contributed by atoms with Gasteiger partial charge in [-0.25, -0.2) is 4.79 Å². The SMILES string of the molecule is Cc1ccc(NC(=O)CCNC(=O)NCc2ccn(C)c2)c(Cl)c1. The summed E-state index contributed by atoms with van der Waals surface area (Å²) in [4.78, 5) is 23.5. The Kier molecular flexibility index (Phi) is 6.26. The van der Waals surface area contributed by atoms with Crippen molar-refractivity contribution in [2.45, 2.75) is 19.9 Å². The first-order valence-electron chi connectivity index (χ1n) is 7.62. The minimum Gasteiger partial charge on any atom is -0.357 e. The summed E-state index contributed by atoms with van der Waals surface area (Å²) in [6, 6.07) is 7.04. The van der Waals surface area contributed by atoms with Crippen LogP contribution < -0.4 is 16.0 Å². The van der Waals surface area contributed by atoms with E-state index in [1.807, 2.05) is 43.1 Å². The quantitative estimate of drug-likeness (QED) is 0.750. The lowest BCUT2D eigenvalue weighted by Gasteiger charge is -2.09. The standard InChI is InChI=1S/C17H21ClN4O2/c1-12-3-4-15(14(18)9-12)21-16(23)5-7-19-17(24)20-10-13-6-8-22(2)11-13/h3-4,6,8-9,11H,5,7,10H2,1-2H3,(H,21,23)(H2,19,20,24). The second-order valence-corrected chi connectivity index (χ2v) is 5.98. The molecule has 0 spiro atoms. The summed E-state index contributed by atoms with van der Waals surface area (Å²) >= 11 is 6.06. The lowest BCUT2D eigenvalue weighted by Crippen LogP contribution is -2.36. The second kappa shape index (κ2) is 8.40. The Labute approximate surface area is 146 Å².